The molecule has 4 rings (SSSR count). The lowest BCUT2D eigenvalue weighted by Crippen LogP contribution is -2.36. The summed E-state index contributed by atoms with van der Waals surface area (Å²) in [6, 6.07) is 16.5. The number of benzene rings is 2. The van der Waals surface area contributed by atoms with Crippen molar-refractivity contribution in [1.29, 1.82) is 0 Å². The first kappa shape index (κ1) is 16.0. The summed E-state index contributed by atoms with van der Waals surface area (Å²) in [5, 5.41) is 2.87. The average molecular weight is 347 g/mol. The van der Waals surface area contributed by atoms with E-state index in [9.17, 15) is 9.59 Å². The van der Waals surface area contributed by atoms with Crippen LogP contribution in [0, 0.1) is 0 Å². The Morgan fingerprint density at radius 1 is 1.04 bits per heavy atom. The fourth-order valence-corrected chi connectivity index (χ4v) is 2.93. The van der Waals surface area contributed by atoms with Crippen molar-refractivity contribution in [2.75, 3.05) is 23.9 Å². The normalized spacial score (nSPS) is 13.1. The van der Waals surface area contributed by atoms with E-state index in [2.05, 4.69) is 5.32 Å². The van der Waals surface area contributed by atoms with Gasteiger partial charge in [-0.15, -0.1) is 0 Å². The third kappa shape index (κ3) is 2.82. The van der Waals surface area contributed by atoms with Crippen molar-refractivity contribution in [3.63, 3.8) is 0 Å². The highest BCUT2D eigenvalue weighted by molar-refractivity contribution is 6.09. The molecule has 26 heavy (non-hydrogen) atoms. The summed E-state index contributed by atoms with van der Waals surface area (Å²) in [7, 11) is 1.67. The van der Waals surface area contributed by atoms with Gasteiger partial charge in [0.1, 0.15) is 11.4 Å². The second-order valence-corrected chi connectivity index (χ2v) is 5.99. The number of anilines is 2. The molecule has 2 aromatic carbocycles. The number of hydrogen-bond acceptors (Lipinski definition) is 3. The number of nitrogens with one attached hydrogen (secondary N) is 1. The molecule has 1 aromatic heterocycles. The lowest BCUT2D eigenvalue weighted by Gasteiger charge is -2.28. The van der Waals surface area contributed by atoms with Crippen LogP contribution in [0.15, 0.2) is 67.0 Å². The molecule has 130 valence electrons. The molecule has 0 saturated heterocycles. The van der Waals surface area contributed by atoms with Crippen molar-refractivity contribution in [3.05, 3.63) is 72.6 Å². The minimum atomic E-state index is -0.246. The molecule has 1 aliphatic heterocycles. The molecule has 1 aliphatic rings. The molecule has 0 fully saturated rings. The van der Waals surface area contributed by atoms with Crippen LogP contribution in [0.25, 0.3) is 5.69 Å². The fourth-order valence-electron chi connectivity index (χ4n) is 2.93. The quantitative estimate of drug-likeness (QED) is 0.792. The molecule has 3 aromatic rings. The van der Waals surface area contributed by atoms with Gasteiger partial charge in [-0.2, -0.15) is 0 Å². The molecule has 6 nitrogen and oxygen atoms in total. The number of para-hydroxylation sites is 1. The summed E-state index contributed by atoms with van der Waals surface area (Å²) in [4.78, 5) is 26.0. The van der Waals surface area contributed by atoms with E-state index >= 15 is 0 Å². The smallest absolute Gasteiger partial charge is 0.264 e. The van der Waals surface area contributed by atoms with Crippen molar-refractivity contribution in [1.82, 2.24) is 4.57 Å². The van der Waals surface area contributed by atoms with Gasteiger partial charge in [-0.3, -0.25) is 9.59 Å². The molecule has 0 spiro atoms. The molecule has 6 heteroatoms. The number of carbonyl (C=O) groups is 2. The van der Waals surface area contributed by atoms with Crippen molar-refractivity contribution in [2.24, 2.45) is 0 Å². The van der Waals surface area contributed by atoms with Crippen LogP contribution in [0.4, 0.5) is 11.4 Å². The van der Waals surface area contributed by atoms with Crippen molar-refractivity contribution in [2.45, 2.75) is 0 Å². The molecule has 0 aliphatic carbocycles. The Kier molecular flexibility index (Phi) is 3.93. The third-order valence-corrected chi connectivity index (χ3v) is 4.34. The van der Waals surface area contributed by atoms with Gasteiger partial charge in [-0.25, -0.2) is 0 Å². The summed E-state index contributed by atoms with van der Waals surface area (Å²) < 4.78 is 7.41. The first-order valence-corrected chi connectivity index (χ1v) is 8.20. The van der Waals surface area contributed by atoms with E-state index in [0.29, 0.717) is 22.7 Å². The van der Waals surface area contributed by atoms with Gasteiger partial charge in [0.05, 0.1) is 5.69 Å². The zero-order chi connectivity index (χ0) is 18.1. The SMILES string of the molecule is CN1C(=O)COc2cccc(NC(=O)c3ccc(-n4cccc4)cc3)c21. The Morgan fingerprint density at radius 3 is 2.50 bits per heavy atom. The van der Waals surface area contributed by atoms with Crippen LogP contribution >= 0.6 is 0 Å². The number of carbonyl (C=O) groups excluding carboxylic acids is 2. The van der Waals surface area contributed by atoms with E-state index in [1.165, 1.54) is 4.90 Å². The maximum absolute atomic E-state index is 12.6. The van der Waals surface area contributed by atoms with Crippen LogP contribution in [0.2, 0.25) is 0 Å². The van der Waals surface area contributed by atoms with Crippen molar-refractivity contribution < 1.29 is 14.3 Å². The highest BCUT2D eigenvalue weighted by atomic mass is 16.5. The van der Waals surface area contributed by atoms with Gasteiger partial charge in [-0.05, 0) is 48.5 Å². The summed E-state index contributed by atoms with van der Waals surface area (Å²) >= 11 is 0. The summed E-state index contributed by atoms with van der Waals surface area (Å²) in [6.07, 6.45) is 3.89. The highest BCUT2D eigenvalue weighted by Crippen LogP contribution is 2.38. The fraction of sp³-hybridized carbons (Fsp3) is 0.100. The molecule has 0 unspecified atom stereocenters. The van der Waals surface area contributed by atoms with E-state index in [4.69, 9.17) is 4.74 Å². The van der Waals surface area contributed by atoms with Gasteiger partial charge in [0.15, 0.2) is 6.61 Å². The number of amides is 2. The van der Waals surface area contributed by atoms with Crippen LogP contribution in [-0.4, -0.2) is 30.0 Å². The molecule has 0 bridgehead atoms. The zero-order valence-corrected chi connectivity index (χ0v) is 14.2. The van der Waals surface area contributed by atoms with E-state index in [1.807, 2.05) is 41.2 Å². The molecule has 0 atom stereocenters. The molecule has 1 N–H and O–H groups in total. The predicted octanol–water partition coefficient (Wildman–Crippen LogP) is 3.08. The molecule has 2 amide bonds. The minimum Gasteiger partial charge on any atom is -0.481 e. The number of fused-ring (bicyclic) bond motifs is 1. The maximum atomic E-state index is 12.6. The first-order chi connectivity index (χ1) is 12.6. The Morgan fingerprint density at radius 2 is 1.77 bits per heavy atom. The number of nitrogens with zero attached hydrogens (tertiary/aromatic N) is 2. The van der Waals surface area contributed by atoms with E-state index in [1.54, 1.807) is 37.4 Å². The van der Waals surface area contributed by atoms with Crippen molar-refractivity contribution >= 4 is 23.2 Å². The van der Waals surface area contributed by atoms with Crippen LogP contribution in [0.5, 0.6) is 5.75 Å². The molecular formula is C20H17N3O3. The van der Waals surface area contributed by atoms with E-state index in [-0.39, 0.29) is 18.4 Å². The van der Waals surface area contributed by atoms with Gasteiger partial charge >= 0.3 is 0 Å². The van der Waals surface area contributed by atoms with Gasteiger partial charge in [0, 0.05) is 30.7 Å². The molecule has 0 radical (unpaired) electrons. The second-order valence-electron chi connectivity index (χ2n) is 5.99. The molecule has 2 heterocycles. The van der Waals surface area contributed by atoms with E-state index in [0.717, 1.165) is 5.69 Å². The molecular weight excluding hydrogens is 330 g/mol. The van der Waals surface area contributed by atoms with Crippen molar-refractivity contribution in [3.8, 4) is 11.4 Å². The summed E-state index contributed by atoms with van der Waals surface area (Å²) in [5.74, 6) is 0.173. The van der Waals surface area contributed by atoms with Gasteiger partial charge in [0.25, 0.3) is 11.8 Å². The van der Waals surface area contributed by atoms with Crippen LogP contribution in [0.1, 0.15) is 10.4 Å². The Balaban J connectivity index is 1.58. The largest absolute Gasteiger partial charge is 0.481 e. The van der Waals surface area contributed by atoms with Crippen LogP contribution < -0.4 is 15.0 Å². The molecule has 0 saturated carbocycles. The second kappa shape index (κ2) is 6.40. The number of rotatable bonds is 3. The minimum absolute atomic E-state index is 0.00174. The Bertz CT molecular complexity index is 962. The predicted molar refractivity (Wildman–Crippen MR) is 99.1 cm³/mol. The average Bonchev–Trinajstić information content (AvgIpc) is 3.20. The zero-order valence-electron chi connectivity index (χ0n) is 14.2. The number of hydrogen-bond donors (Lipinski definition) is 1. The van der Waals surface area contributed by atoms with Crippen LogP contribution in [-0.2, 0) is 4.79 Å². The van der Waals surface area contributed by atoms with E-state index < -0.39 is 0 Å². The Labute approximate surface area is 150 Å². The number of ether oxygens (including phenoxy) is 1. The van der Waals surface area contributed by atoms with Gasteiger partial charge in [-0.1, -0.05) is 6.07 Å². The third-order valence-electron chi connectivity index (χ3n) is 4.34. The Hall–Kier alpha value is -3.54. The summed E-state index contributed by atoms with van der Waals surface area (Å²) in [6.45, 7) is 0.00174. The lowest BCUT2D eigenvalue weighted by atomic mass is 10.1. The first-order valence-electron chi connectivity index (χ1n) is 8.20. The number of aromatic nitrogens is 1. The standard InChI is InChI=1S/C20H17N3O3/c1-22-18(24)13-26-17-6-4-5-16(19(17)22)21-20(25)14-7-9-15(10-8-14)23-11-2-3-12-23/h2-12H,13H2,1H3,(H,21,25). The highest BCUT2D eigenvalue weighted by Gasteiger charge is 2.25. The summed E-state index contributed by atoms with van der Waals surface area (Å²) in [5.41, 5.74) is 2.62. The van der Waals surface area contributed by atoms with Crippen LogP contribution in [0.3, 0.4) is 0 Å². The van der Waals surface area contributed by atoms with Gasteiger partial charge in [0.2, 0.25) is 0 Å². The lowest BCUT2D eigenvalue weighted by molar-refractivity contribution is -0.120. The number of likely N-dealkylation sites (N-methyl/N-ethyl adjacent to an activating group) is 1. The topological polar surface area (TPSA) is 63.6 Å². The monoisotopic (exact) mass is 347 g/mol. The maximum Gasteiger partial charge on any atom is 0.264 e. The van der Waals surface area contributed by atoms with Gasteiger partial charge < -0.3 is 19.5 Å².